The molecule has 0 saturated carbocycles. The summed E-state index contributed by atoms with van der Waals surface area (Å²) in [6.07, 6.45) is 0. The summed E-state index contributed by atoms with van der Waals surface area (Å²) in [4.78, 5) is 11.2. The molecule has 0 spiro atoms. The smallest absolute Gasteiger partial charge is 0.220 e. The van der Waals surface area contributed by atoms with Gasteiger partial charge in [-0.05, 0) is 78.7 Å². The van der Waals surface area contributed by atoms with Crippen LogP contribution >= 0.6 is 27.7 Å². The van der Waals surface area contributed by atoms with Crippen LogP contribution < -0.4 is 14.2 Å². The van der Waals surface area contributed by atoms with Gasteiger partial charge in [-0.1, -0.05) is 11.8 Å². The van der Waals surface area contributed by atoms with Gasteiger partial charge < -0.3 is 14.2 Å². The number of nitrogens with zero attached hydrogens (tertiary/aromatic N) is 4. The molecule has 3 rings (SSSR count). The standard InChI is InChI=1S/C22H25BrN4O5S/c1-5-31-17-9-7-16(8-10-17)27-14(3)24-25-22(27)33-20(13-26(28)29)15-11-18(23)21(30-4)19(12-15)32-6-2/h7-12,20H,5-6,13H2,1-4H3/t20-/m0/s1. The van der Waals surface area contributed by atoms with Crippen molar-refractivity contribution in [1.82, 2.24) is 14.8 Å². The highest BCUT2D eigenvalue weighted by Gasteiger charge is 2.26. The van der Waals surface area contributed by atoms with Gasteiger partial charge in [0.05, 0.1) is 24.8 Å². The van der Waals surface area contributed by atoms with E-state index in [0.717, 1.165) is 11.4 Å². The number of ether oxygens (including phenoxy) is 3. The highest BCUT2D eigenvalue weighted by molar-refractivity contribution is 9.10. The van der Waals surface area contributed by atoms with E-state index in [9.17, 15) is 10.1 Å². The van der Waals surface area contributed by atoms with Crippen molar-refractivity contribution in [2.45, 2.75) is 31.2 Å². The number of aromatic nitrogens is 3. The van der Waals surface area contributed by atoms with Crippen molar-refractivity contribution in [3.63, 3.8) is 0 Å². The van der Waals surface area contributed by atoms with Gasteiger partial charge in [-0.3, -0.25) is 14.7 Å². The maximum atomic E-state index is 11.5. The van der Waals surface area contributed by atoms with Crippen molar-refractivity contribution < 1.29 is 19.1 Å². The Hall–Kier alpha value is -2.79. The van der Waals surface area contributed by atoms with Crippen LogP contribution in [0.15, 0.2) is 46.0 Å². The Kier molecular flexibility index (Phi) is 8.56. The van der Waals surface area contributed by atoms with Gasteiger partial charge in [-0.25, -0.2) is 0 Å². The Morgan fingerprint density at radius 2 is 1.85 bits per heavy atom. The maximum absolute atomic E-state index is 11.5. The highest BCUT2D eigenvalue weighted by atomic mass is 79.9. The molecule has 0 aliphatic rings. The molecule has 1 atom stereocenters. The van der Waals surface area contributed by atoms with E-state index in [1.807, 2.05) is 55.7 Å². The summed E-state index contributed by atoms with van der Waals surface area (Å²) in [5.41, 5.74) is 1.56. The second-order valence-corrected chi connectivity index (χ2v) is 8.91. The average molecular weight is 537 g/mol. The minimum atomic E-state index is -0.536. The van der Waals surface area contributed by atoms with E-state index in [4.69, 9.17) is 14.2 Å². The second kappa shape index (κ2) is 11.4. The van der Waals surface area contributed by atoms with Crippen LogP contribution in [0.3, 0.4) is 0 Å². The summed E-state index contributed by atoms with van der Waals surface area (Å²) in [7, 11) is 1.55. The predicted octanol–water partition coefficient (Wildman–Crippen LogP) is 5.25. The Balaban J connectivity index is 1.99. The molecule has 1 aromatic heterocycles. The normalized spacial score (nSPS) is 11.8. The van der Waals surface area contributed by atoms with E-state index in [1.54, 1.807) is 13.2 Å². The molecule has 0 amide bonds. The lowest BCUT2D eigenvalue weighted by Crippen LogP contribution is -2.12. The van der Waals surface area contributed by atoms with E-state index in [-0.39, 0.29) is 11.5 Å². The quantitative estimate of drug-likeness (QED) is 0.186. The van der Waals surface area contributed by atoms with E-state index in [1.165, 1.54) is 11.8 Å². The van der Waals surface area contributed by atoms with Crippen molar-refractivity contribution in [2.24, 2.45) is 0 Å². The molecule has 0 radical (unpaired) electrons. The Morgan fingerprint density at radius 1 is 1.15 bits per heavy atom. The predicted molar refractivity (Wildman–Crippen MR) is 130 cm³/mol. The van der Waals surface area contributed by atoms with Crippen LogP contribution in [0, 0.1) is 17.0 Å². The first-order chi connectivity index (χ1) is 15.9. The zero-order chi connectivity index (χ0) is 24.0. The van der Waals surface area contributed by atoms with Crippen LogP contribution in [0.5, 0.6) is 17.2 Å². The van der Waals surface area contributed by atoms with Crippen LogP contribution in [-0.2, 0) is 0 Å². The average Bonchev–Trinajstić information content (AvgIpc) is 3.14. The van der Waals surface area contributed by atoms with Crippen LogP contribution in [0.1, 0.15) is 30.5 Å². The zero-order valence-corrected chi connectivity index (χ0v) is 21.2. The highest BCUT2D eigenvalue weighted by Crippen LogP contribution is 2.43. The van der Waals surface area contributed by atoms with Crippen LogP contribution in [0.25, 0.3) is 5.69 Å². The third-order valence-electron chi connectivity index (χ3n) is 4.67. The van der Waals surface area contributed by atoms with Gasteiger partial charge in [0.2, 0.25) is 6.54 Å². The van der Waals surface area contributed by atoms with Gasteiger partial charge in [0.25, 0.3) is 0 Å². The number of hydrogen-bond donors (Lipinski definition) is 0. The zero-order valence-electron chi connectivity index (χ0n) is 18.8. The van der Waals surface area contributed by atoms with Crippen LogP contribution in [0.2, 0.25) is 0 Å². The summed E-state index contributed by atoms with van der Waals surface area (Å²) in [5.74, 6) is 2.49. The monoisotopic (exact) mass is 536 g/mol. The fraction of sp³-hybridized carbons (Fsp3) is 0.364. The molecule has 0 aliphatic carbocycles. The van der Waals surface area contributed by atoms with Crippen molar-refractivity contribution in [2.75, 3.05) is 26.9 Å². The van der Waals surface area contributed by atoms with Gasteiger partial charge in [-0.15, -0.1) is 10.2 Å². The van der Waals surface area contributed by atoms with Gasteiger partial charge in [0.1, 0.15) is 16.8 Å². The SMILES string of the molecule is CCOc1ccc(-n2c(C)nnc2S[C@@H](C[N+](=O)[O-])c2cc(Br)c(OC)c(OCC)c2)cc1. The van der Waals surface area contributed by atoms with Crippen molar-refractivity contribution in [3.8, 4) is 22.9 Å². The number of thioether (sulfide) groups is 1. The van der Waals surface area contributed by atoms with Gasteiger partial charge in [0, 0.05) is 10.6 Å². The summed E-state index contributed by atoms with van der Waals surface area (Å²) in [6, 6.07) is 11.1. The molecule has 0 aliphatic heterocycles. The molecule has 1 heterocycles. The molecule has 33 heavy (non-hydrogen) atoms. The van der Waals surface area contributed by atoms with Crippen molar-refractivity contribution >= 4 is 27.7 Å². The molecule has 11 heteroatoms. The Labute approximate surface area is 204 Å². The molecule has 0 saturated heterocycles. The number of methoxy groups -OCH3 is 1. The minimum Gasteiger partial charge on any atom is -0.494 e. The lowest BCUT2D eigenvalue weighted by Gasteiger charge is -2.18. The van der Waals surface area contributed by atoms with Crippen molar-refractivity contribution in [1.29, 1.82) is 0 Å². The summed E-state index contributed by atoms with van der Waals surface area (Å²) in [5, 5.41) is 20.0. The number of hydrogen-bond acceptors (Lipinski definition) is 8. The largest absolute Gasteiger partial charge is 0.494 e. The number of aryl methyl sites for hydroxylation is 1. The van der Waals surface area contributed by atoms with Gasteiger partial charge in [0.15, 0.2) is 16.7 Å². The number of nitro groups is 1. The summed E-state index contributed by atoms with van der Waals surface area (Å²) in [6.45, 7) is 6.35. The third kappa shape index (κ3) is 5.97. The fourth-order valence-corrected chi connectivity index (χ4v) is 5.06. The van der Waals surface area contributed by atoms with E-state index in [2.05, 4.69) is 26.1 Å². The molecular weight excluding hydrogens is 512 g/mol. The van der Waals surface area contributed by atoms with E-state index >= 15 is 0 Å². The third-order valence-corrected chi connectivity index (χ3v) is 6.44. The lowest BCUT2D eigenvalue weighted by atomic mass is 10.1. The van der Waals surface area contributed by atoms with E-state index < -0.39 is 5.25 Å². The minimum absolute atomic E-state index is 0.301. The first-order valence-electron chi connectivity index (χ1n) is 10.3. The topological polar surface area (TPSA) is 102 Å². The maximum Gasteiger partial charge on any atom is 0.220 e. The molecule has 0 N–H and O–H groups in total. The van der Waals surface area contributed by atoms with E-state index in [0.29, 0.717) is 45.7 Å². The van der Waals surface area contributed by atoms with Gasteiger partial charge >= 0.3 is 0 Å². The Morgan fingerprint density at radius 3 is 2.45 bits per heavy atom. The summed E-state index contributed by atoms with van der Waals surface area (Å²) < 4.78 is 19.2. The van der Waals surface area contributed by atoms with Crippen LogP contribution in [0.4, 0.5) is 0 Å². The molecule has 0 unspecified atom stereocenters. The molecule has 0 bridgehead atoms. The molecule has 3 aromatic rings. The fourth-order valence-electron chi connectivity index (χ4n) is 3.28. The number of benzene rings is 2. The van der Waals surface area contributed by atoms with Crippen molar-refractivity contribution in [3.05, 3.63) is 62.4 Å². The Bertz CT molecular complexity index is 1110. The molecular formula is C22H25BrN4O5S. The lowest BCUT2D eigenvalue weighted by molar-refractivity contribution is -0.479. The molecule has 9 nitrogen and oxygen atoms in total. The first-order valence-corrected chi connectivity index (χ1v) is 12.0. The molecule has 2 aromatic carbocycles. The second-order valence-electron chi connectivity index (χ2n) is 6.88. The number of rotatable bonds is 11. The first kappa shape index (κ1) is 24.8. The molecule has 0 fully saturated rings. The van der Waals surface area contributed by atoms with Gasteiger partial charge in [-0.2, -0.15) is 0 Å². The summed E-state index contributed by atoms with van der Waals surface area (Å²) >= 11 is 4.77. The molecule has 176 valence electrons. The number of halogens is 1. The van der Waals surface area contributed by atoms with Crippen LogP contribution in [-0.4, -0.2) is 46.6 Å².